The molecule has 4 nitrogen and oxygen atoms in total. The van der Waals surface area contributed by atoms with Crippen LogP contribution in [0.25, 0.3) is 11.0 Å². The predicted molar refractivity (Wildman–Crippen MR) is 81.4 cm³/mol. The lowest BCUT2D eigenvalue weighted by Gasteiger charge is -2.14. The fraction of sp³-hybridized carbons (Fsp3) is 0.176. The van der Waals surface area contributed by atoms with Crippen LogP contribution in [0.4, 0.5) is 13.2 Å². The quantitative estimate of drug-likeness (QED) is 0.789. The average Bonchev–Trinajstić information content (AvgIpc) is 2.59. The summed E-state index contributed by atoms with van der Waals surface area (Å²) < 4.78 is 43.0. The van der Waals surface area contributed by atoms with Gasteiger partial charge in [-0.25, -0.2) is 0 Å². The molecule has 1 unspecified atom stereocenters. The zero-order valence-electron chi connectivity index (χ0n) is 12.4. The Morgan fingerprint density at radius 1 is 0.958 bits per heavy atom. The van der Waals surface area contributed by atoms with Gasteiger partial charge in [0, 0.05) is 18.5 Å². The van der Waals surface area contributed by atoms with Crippen LogP contribution in [-0.2, 0) is 6.18 Å². The molecule has 0 saturated carbocycles. The maximum absolute atomic E-state index is 12.5. The number of ether oxygens (including phenoxy) is 1. The molecule has 1 N–H and O–H groups in total. The number of alkyl halides is 3. The van der Waals surface area contributed by atoms with Crippen LogP contribution in [-0.4, -0.2) is 21.7 Å². The highest BCUT2D eigenvalue weighted by Gasteiger charge is 2.30. The number of aliphatic hydroxyl groups is 1. The monoisotopic (exact) mass is 334 g/mol. The van der Waals surface area contributed by atoms with Gasteiger partial charge in [-0.15, -0.1) is 0 Å². The second-order valence-electron chi connectivity index (χ2n) is 5.15. The zero-order chi connectivity index (χ0) is 17.2. The Balaban J connectivity index is 1.66. The molecule has 2 aromatic carbocycles. The molecule has 0 aliphatic carbocycles. The SMILES string of the molecule is OC(COc1ccc2nccnc2c1)c1ccc(C(F)(F)F)cc1. The van der Waals surface area contributed by atoms with E-state index in [-0.39, 0.29) is 6.61 Å². The first-order valence-corrected chi connectivity index (χ1v) is 7.12. The number of halogens is 3. The first-order valence-electron chi connectivity index (χ1n) is 7.12. The number of hydrogen-bond acceptors (Lipinski definition) is 4. The summed E-state index contributed by atoms with van der Waals surface area (Å²) in [4.78, 5) is 8.28. The molecule has 0 bridgehead atoms. The van der Waals surface area contributed by atoms with E-state index in [0.29, 0.717) is 22.3 Å². The molecule has 0 saturated heterocycles. The minimum absolute atomic E-state index is 0.0862. The highest BCUT2D eigenvalue weighted by molar-refractivity contribution is 5.75. The molecule has 0 fully saturated rings. The summed E-state index contributed by atoms with van der Waals surface area (Å²) in [6.45, 7) is -0.0862. The van der Waals surface area contributed by atoms with E-state index in [1.165, 1.54) is 12.1 Å². The fourth-order valence-corrected chi connectivity index (χ4v) is 2.20. The number of fused-ring (bicyclic) bond motifs is 1. The van der Waals surface area contributed by atoms with Crippen LogP contribution in [0.15, 0.2) is 54.9 Å². The van der Waals surface area contributed by atoms with Crippen molar-refractivity contribution >= 4 is 11.0 Å². The van der Waals surface area contributed by atoms with Crippen LogP contribution in [0.5, 0.6) is 5.75 Å². The lowest BCUT2D eigenvalue weighted by molar-refractivity contribution is -0.137. The number of rotatable bonds is 4. The normalized spacial score (nSPS) is 13.0. The number of aliphatic hydroxyl groups excluding tert-OH is 1. The molecule has 0 amide bonds. The fourth-order valence-electron chi connectivity index (χ4n) is 2.20. The molecule has 1 atom stereocenters. The summed E-state index contributed by atoms with van der Waals surface area (Å²) in [6, 6.07) is 9.46. The van der Waals surface area contributed by atoms with Crippen LogP contribution in [0.3, 0.4) is 0 Å². The number of hydrogen-bond donors (Lipinski definition) is 1. The van der Waals surface area contributed by atoms with E-state index in [0.717, 1.165) is 12.1 Å². The van der Waals surface area contributed by atoms with E-state index >= 15 is 0 Å². The summed E-state index contributed by atoms with van der Waals surface area (Å²) in [5, 5.41) is 10.1. The third-order valence-corrected chi connectivity index (χ3v) is 3.47. The summed E-state index contributed by atoms with van der Waals surface area (Å²) in [6.07, 6.45) is -2.29. The third kappa shape index (κ3) is 3.62. The Morgan fingerprint density at radius 3 is 2.29 bits per heavy atom. The average molecular weight is 334 g/mol. The first-order chi connectivity index (χ1) is 11.4. The molecule has 0 aliphatic heterocycles. The van der Waals surface area contributed by atoms with Crippen LogP contribution >= 0.6 is 0 Å². The topological polar surface area (TPSA) is 55.2 Å². The molecule has 3 aromatic rings. The van der Waals surface area contributed by atoms with E-state index in [2.05, 4.69) is 9.97 Å². The lowest BCUT2D eigenvalue weighted by Crippen LogP contribution is -2.11. The van der Waals surface area contributed by atoms with Crippen molar-refractivity contribution in [2.45, 2.75) is 12.3 Å². The lowest BCUT2D eigenvalue weighted by atomic mass is 10.1. The van der Waals surface area contributed by atoms with Crippen molar-refractivity contribution in [3.8, 4) is 5.75 Å². The van der Waals surface area contributed by atoms with Crippen LogP contribution < -0.4 is 4.74 Å². The second kappa shape index (κ2) is 6.45. The summed E-state index contributed by atoms with van der Waals surface area (Å²) in [5.41, 5.74) is 0.961. The molecule has 24 heavy (non-hydrogen) atoms. The third-order valence-electron chi connectivity index (χ3n) is 3.47. The van der Waals surface area contributed by atoms with Crippen molar-refractivity contribution in [2.24, 2.45) is 0 Å². The van der Waals surface area contributed by atoms with Gasteiger partial charge in [0.1, 0.15) is 18.5 Å². The Morgan fingerprint density at radius 2 is 1.62 bits per heavy atom. The standard InChI is InChI=1S/C17H13F3N2O2/c18-17(19,20)12-3-1-11(2-4-12)16(23)10-24-13-5-6-14-15(9-13)22-8-7-21-14/h1-9,16,23H,10H2. The van der Waals surface area contributed by atoms with E-state index in [1.54, 1.807) is 30.6 Å². The maximum atomic E-state index is 12.5. The van der Waals surface area contributed by atoms with Crippen LogP contribution in [0.2, 0.25) is 0 Å². The van der Waals surface area contributed by atoms with Gasteiger partial charge in [0.05, 0.1) is 16.6 Å². The Labute approximate surface area is 135 Å². The van der Waals surface area contributed by atoms with Gasteiger partial charge < -0.3 is 9.84 Å². The second-order valence-corrected chi connectivity index (χ2v) is 5.15. The molecule has 0 aliphatic rings. The summed E-state index contributed by atoms with van der Waals surface area (Å²) >= 11 is 0. The number of aromatic nitrogens is 2. The number of benzene rings is 2. The first kappa shape index (κ1) is 16.2. The highest BCUT2D eigenvalue weighted by atomic mass is 19.4. The van der Waals surface area contributed by atoms with Crippen LogP contribution in [0.1, 0.15) is 17.2 Å². The Hall–Kier alpha value is -2.67. The van der Waals surface area contributed by atoms with E-state index in [1.807, 2.05) is 0 Å². The zero-order valence-corrected chi connectivity index (χ0v) is 12.4. The van der Waals surface area contributed by atoms with Crippen LogP contribution in [0, 0.1) is 0 Å². The maximum Gasteiger partial charge on any atom is 0.416 e. The minimum atomic E-state index is -4.40. The number of nitrogens with zero attached hydrogens (tertiary/aromatic N) is 2. The predicted octanol–water partition coefficient (Wildman–Crippen LogP) is 3.76. The van der Waals surface area contributed by atoms with Crippen molar-refractivity contribution in [2.75, 3.05) is 6.61 Å². The van der Waals surface area contributed by atoms with Gasteiger partial charge in [0.2, 0.25) is 0 Å². The minimum Gasteiger partial charge on any atom is -0.490 e. The largest absolute Gasteiger partial charge is 0.490 e. The molecule has 1 heterocycles. The molecule has 124 valence electrons. The van der Waals surface area contributed by atoms with Crippen molar-refractivity contribution in [3.05, 3.63) is 66.0 Å². The van der Waals surface area contributed by atoms with E-state index in [9.17, 15) is 18.3 Å². The Kier molecular flexibility index (Phi) is 4.35. The van der Waals surface area contributed by atoms with Gasteiger partial charge >= 0.3 is 6.18 Å². The highest BCUT2D eigenvalue weighted by Crippen LogP contribution is 2.30. The van der Waals surface area contributed by atoms with Gasteiger partial charge in [0.25, 0.3) is 0 Å². The summed E-state index contributed by atoms with van der Waals surface area (Å²) in [5.74, 6) is 0.494. The van der Waals surface area contributed by atoms with Gasteiger partial charge in [-0.05, 0) is 29.8 Å². The Bertz CT molecular complexity index is 835. The molecule has 0 radical (unpaired) electrons. The van der Waals surface area contributed by atoms with Gasteiger partial charge in [-0.2, -0.15) is 13.2 Å². The van der Waals surface area contributed by atoms with Gasteiger partial charge in [0.15, 0.2) is 0 Å². The molecule has 3 rings (SSSR count). The van der Waals surface area contributed by atoms with Crippen molar-refractivity contribution in [1.82, 2.24) is 9.97 Å². The van der Waals surface area contributed by atoms with Crippen molar-refractivity contribution in [1.29, 1.82) is 0 Å². The van der Waals surface area contributed by atoms with E-state index in [4.69, 9.17) is 4.74 Å². The van der Waals surface area contributed by atoms with Gasteiger partial charge in [-0.3, -0.25) is 9.97 Å². The molecular formula is C17H13F3N2O2. The van der Waals surface area contributed by atoms with Gasteiger partial charge in [-0.1, -0.05) is 12.1 Å². The van der Waals surface area contributed by atoms with E-state index < -0.39 is 17.8 Å². The molecular weight excluding hydrogens is 321 g/mol. The molecule has 1 aromatic heterocycles. The van der Waals surface area contributed by atoms with Crippen molar-refractivity contribution in [3.63, 3.8) is 0 Å². The molecule has 0 spiro atoms. The summed E-state index contributed by atoms with van der Waals surface area (Å²) in [7, 11) is 0. The van der Waals surface area contributed by atoms with Crippen molar-refractivity contribution < 1.29 is 23.0 Å². The smallest absolute Gasteiger partial charge is 0.416 e. The molecule has 7 heteroatoms.